The predicted octanol–water partition coefficient (Wildman–Crippen LogP) is 4.24. The van der Waals surface area contributed by atoms with Gasteiger partial charge in [0, 0.05) is 17.7 Å². The van der Waals surface area contributed by atoms with Crippen molar-refractivity contribution < 1.29 is 31.8 Å². The van der Waals surface area contributed by atoms with Crippen molar-refractivity contribution in [3.8, 4) is 11.5 Å². The highest BCUT2D eigenvalue weighted by Gasteiger charge is 2.45. The van der Waals surface area contributed by atoms with Crippen LogP contribution in [0.25, 0.3) is 16.6 Å². The molecule has 0 unspecified atom stereocenters. The molecule has 8 nitrogen and oxygen atoms in total. The highest BCUT2D eigenvalue weighted by Crippen LogP contribution is 2.48. The quantitative estimate of drug-likeness (QED) is 0.425. The van der Waals surface area contributed by atoms with Gasteiger partial charge in [-0.05, 0) is 43.2 Å². The van der Waals surface area contributed by atoms with Gasteiger partial charge < -0.3 is 20.1 Å². The molecule has 1 fully saturated rings. The number of aromatic nitrogens is 3. The minimum absolute atomic E-state index is 0.308. The summed E-state index contributed by atoms with van der Waals surface area (Å²) in [5.74, 6) is -2.54. The van der Waals surface area contributed by atoms with Gasteiger partial charge in [0.1, 0.15) is 17.4 Å². The molecule has 35 heavy (non-hydrogen) atoms. The third-order valence-corrected chi connectivity index (χ3v) is 6.37. The number of nitrogens with zero attached hydrogens (tertiary/aromatic N) is 4. The van der Waals surface area contributed by atoms with E-state index in [1.165, 1.54) is 6.07 Å². The number of carbonyl (C=O) groups excluding carboxylic acids is 1. The maximum absolute atomic E-state index is 14.8. The number of fused-ring (bicyclic) bond motifs is 6. The van der Waals surface area contributed by atoms with Crippen LogP contribution in [-0.2, 0) is 0 Å². The molecule has 4 aromatic rings. The second-order valence-electron chi connectivity index (χ2n) is 8.44. The molecule has 0 spiro atoms. The van der Waals surface area contributed by atoms with Crippen LogP contribution in [0.15, 0.2) is 42.9 Å². The number of anilines is 1. The van der Waals surface area contributed by atoms with Crippen molar-refractivity contribution in [3.63, 3.8) is 0 Å². The van der Waals surface area contributed by atoms with Crippen molar-refractivity contribution >= 4 is 28.3 Å². The SMILES string of the molecule is Nc1nc2ccc(C(=O)N3CCC[C@@H]4Oc5c(ccc(OC(F)(F)F)c5F)[C@@H]43)cc2n2cncc12. The number of amides is 1. The highest BCUT2D eigenvalue weighted by molar-refractivity contribution is 5.98. The summed E-state index contributed by atoms with van der Waals surface area (Å²) in [7, 11) is 0. The summed E-state index contributed by atoms with van der Waals surface area (Å²) in [6, 6.07) is 6.57. The molecule has 6 rings (SSSR count). The molecular formula is C23H17F4N5O3. The first-order chi connectivity index (χ1) is 16.7. The summed E-state index contributed by atoms with van der Waals surface area (Å²) in [6.45, 7) is 0.379. The van der Waals surface area contributed by atoms with E-state index in [0.29, 0.717) is 52.9 Å². The van der Waals surface area contributed by atoms with E-state index < -0.39 is 30.1 Å². The second-order valence-corrected chi connectivity index (χ2v) is 8.44. The van der Waals surface area contributed by atoms with Crippen LogP contribution < -0.4 is 15.2 Å². The van der Waals surface area contributed by atoms with E-state index in [0.717, 1.165) is 6.07 Å². The molecule has 180 valence electrons. The fourth-order valence-corrected chi connectivity index (χ4v) is 4.91. The Hall–Kier alpha value is -4.09. The zero-order valence-corrected chi connectivity index (χ0v) is 17.9. The first-order valence-electron chi connectivity index (χ1n) is 10.8. The van der Waals surface area contributed by atoms with E-state index in [2.05, 4.69) is 14.7 Å². The number of piperidine rings is 1. The number of halogens is 4. The van der Waals surface area contributed by atoms with Crippen molar-refractivity contribution in [2.45, 2.75) is 31.3 Å². The maximum Gasteiger partial charge on any atom is 0.573 e. The molecule has 2 aromatic carbocycles. The average Bonchev–Trinajstić information content (AvgIpc) is 3.46. The number of nitrogen functional groups attached to an aromatic ring is 1. The molecule has 2 aromatic heterocycles. The molecule has 0 radical (unpaired) electrons. The Morgan fingerprint density at radius 1 is 1.20 bits per heavy atom. The fraction of sp³-hybridized carbons (Fsp3) is 0.261. The number of alkyl halides is 3. The zero-order chi connectivity index (χ0) is 24.5. The summed E-state index contributed by atoms with van der Waals surface area (Å²) in [4.78, 5) is 23.6. The van der Waals surface area contributed by atoms with Gasteiger partial charge in [-0.25, -0.2) is 9.97 Å². The van der Waals surface area contributed by atoms with Crippen molar-refractivity contribution in [1.29, 1.82) is 0 Å². The topological polar surface area (TPSA) is 95.0 Å². The number of rotatable bonds is 2. The minimum atomic E-state index is -5.04. The van der Waals surface area contributed by atoms with Crippen LogP contribution in [0.2, 0.25) is 0 Å². The minimum Gasteiger partial charge on any atom is -0.484 e. The molecule has 12 heteroatoms. The molecular weight excluding hydrogens is 470 g/mol. The highest BCUT2D eigenvalue weighted by atomic mass is 19.4. The summed E-state index contributed by atoms with van der Waals surface area (Å²) in [6.07, 6.45) is -1.37. The van der Waals surface area contributed by atoms with Crippen molar-refractivity contribution in [1.82, 2.24) is 19.3 Å². The molecule has 2 atom stereocenters. The van der Waals surface area contributed by atoms with Crippen LogP contribution in [0, 0.1) is 5.82 Å². The first-order valence-corrected chi connectivity index (χ1v) is 10.8. The molecule has 1 amide bonds. The van der Waals surface area contributed by atoms with Crippen LogP contribution in [0.5, 0.6) is 11.5 Å². The normalized spacial score (nSPS) is 19.5. The fourth-order valence-electron chi connectivity index (χ4n) is 4.91. The third-order valence-electron chi connectivity index (χ3n) is 6.37. The van der Waals surface area contributed by atoms with Gasteiger partial charge in [-0.1, -0.05) is 0 Å². The van der Waals surface area contributed by atoms with E-state index in [1.807, 2.05) is 0 Å². The Balaban J connectivity index is 1.38. The molecule has 2 aliphatic heterocycles. The van der Waals surface area contributed by atoms with Crippen LogP contribution in [0.3, 0.4) is 0 Å². The van der Waals surface area contributed by atoms with Crippen molar-refractivity contribution in [2.24, 2.45) is 0 Å². The molecule has 2 aliphatic rings. The molecule has 0 aliphatic carbocycles. The van der Waals surface area contributed by atoms with Gasteiger partial charge >= 0.3 is 6.36 Å². The lowest BCUT2D eigenvalue weighted by molar-refractivity contribution is -0.275. The lowest BCUT2D eigenvalue weighted by atomic mass is 9.93. The van der Waals surface area contributed by atoms with E-state index in [4.69, 9.17) is 10.5 Å². The van der Waals surface area contributed by atoms with E-state index >= 15 is 0 Å². The van der Waals surface area contributed by atoms with E-state index in [9.17, 15) is 22.4 Å². The number of hydrogen-bond acceptors (Lipinski definition) is 6. The number of imidazole rings is 1. The van der Waals surface area contributed by atoms with Crippen molar-refractivity contribution in [3.05, 3.63) is 59.8 Å². The van der Waals surface area contributed by atoms with Gasteiger partial charge in [-0.15, -0.1) is 13.2 Å². The van der Waals surface area contributed by atoms with Gasteiger partial charge in [-0.2, -0.15) is 4.39 Å². The molecule has 0 bridgehead atoms. The number of nitrogens with two attached hydrogens (primary N) is 1. The summed E-state index contributed by atoms with van der Waals surface area (Å²) >= 11 is 0. The van der Waals surface area contributed by atoms with Gasteiger partial charge in [0.05, 0.1) is 29.6 Å². The number of likely N-dealkylation sites (tertiary alicyclic amines) is 1. The number of carbonyl (C=O) groups is 1. The molecule has 1 saturated heterocycles. The van der Waals surface area contributed by atoms with Crippen LogP contribution in [-0.4, -0.2) is 44.2 Å². The van der Waals surface area contributed by atoms with E-state index in [-0.39, 0.29) is 11.7 Å². The molecule has 2 N–H and O–H groups in total. The summed E-state index contributed by atoms with van der Waals surface area (Å²) in [5, 5.41) is 0. The number of ether oxygens (including phenoxy) is 2. The lowest BCUT2D eigenvalue weighted by Crippen LogP contribution is -2.44. The van der Waals surface area contributed by atoms with Crippen molar-refractivity contribution in [2.75, 3.05) is 12.3 Å². The molecule has 4 heterocycles. The van der Waals surface area contributed by atoms with Gasteiger partial charge in [-0.3, -0.25) is 9.20 Å². The standard InChI is InChI=1S/C23H17F4N5O3/c24-18-16(35-23(25,26)27)6-4-12-19-17(34-20(12)18)2-1-7-31(19)22(33)11-3-5-13-14(8-11)32-10-29-9-15(32)21(28)30-13/h3-6,8-10,17,19H,1-2,7H2,(H2,28,30)/t17-,19-/m0/s1. The zero-order valence-electron chi connectivity index (χ0n) is 17.9. The van der Waals surface area contributed by atoms with Gasteiger partial charge in [0.15, 0.2) is 11.5 Å². The third kappa shape index (κ3) is 3.39. The summed E-state index contributed by atoms with van der Waals surface area (Å²) < 4.78 is 63.9. The Labute approximate surface area is 194 Å². The Morgan fingerprint density at radius 2 is 2.03 bits per heavy atom. The summed E-state index contributed by atoms with van der Waals surface area (Å²) in [5.41, 5.74) is 8.47. The van der Waals surface area contributed by atoms with Crippen LogP contribution in [0.1, 0.15) is 34.8 Å². The monoisotopic (exact) mass is 487 g/mol. The smallest absolute Gasteiger partial charge is 0.484 e. The second kappa shape index (κ2) is 7.45. The van der Waals surface area contributed by atoms with Crippen LogP contribution in [0.4, 0.5) is 23.4 Å². The first kappa shape index (κ1) is 21.4. The Morgan fingerprint density at radius 3 is 2.83 bits per heavy atom. The maximum atomic E-state index is 14.8. The van der Waals surface area contributed by atoms with E-state index in [1.54, 1.807) is 40.0 Å². The largest absolute Gasteiger partial charge is 0.573 e. The van der Waals surface area contributed by atoms with Gasteiger partial charge in [0.2, 0.25) is 5.82 Å². The number of hydrogen-bond donors (Lipinski definition) is 1. The lowest BCUT2D eigenvalue weighted by Gasteiger charge is -2.36. The van der Waals surface area contributed by atoms with Gasteiger partial charge in [0.25, 0.3) is 5.91 Å². The Bertz CT molecular complexity index is 1500. The Kier molecular flexibility index (Phi) is 4.57. The predicted molar refractivity (Wildman–Crippen MR) is 115 cm³/mol. The average molecular weight is 487 g/mol. The number of benzene rings is 2. The molecule has 0 saturated carbocycles. The van der Waals surface area contributed by atoms with Crippen LogP contribution >= 0.6 is 0 Å².